The van der Waals surface area contributed by atoms with Crippen molar-refractivity contribution in [1.82, 2.24) is 35.1 Å². The van der Waals surface area contributed by atoms with Gasteiger partial charge in [0.1, 0.15) is 5.69 Å². The molecule has 0 aliphatic heterocycles. The lowest BCUT2D eigenvalue weighted by molar-refractivity contribution is 1.09. The summed E-state index contributed by atoms with van der Waals surface area (Å²) < 4.78 is 0. The first kappa shape index (κ1) is 12.9. The van der Waals surface area contributed by atoms with Crippen LogP contribution in [0.3, 0.4) is 0 Å². The van der Waals surface area contributed by atoms with Crippen LogP contribution in [0.4, 0.5) is 0 Å². The van der Waals surface area contributed by atoms with Gasteiger partial charge in [-0.25, -0.2) is 9.97 Å². The second-order valence-corrected chi connectivity index (χ2v) is 5.38. The molecule has 0 aliphatic rings. The zero-order valence-corrected chi connectivity index (χ0v) is 12.4. The van der Waals surface area contributed by atoms with Crippen LogP contribution in [0.2, 0.25) is 0 Å². The van der Waals surface area contributed by atoms with Crippen molar-refractivity contribution in [3.63, 3.8) is 0 Å². The molecule has 0 aliphatic carbocycles. The molecule has 0 atom stereocenters. The number of pyridine rings is 3. The molecule has 0 spiro atoms. The second-order valence-electron chi connectivity index (χ2n) is 5.38. The molecule has 0 saturated carbocycles. The monoisotopic (exact) mass is 313 g/mol. The summed E-state index contributed by atoms with van der Waals surface area (Å²) in [6, 6.07) is 7.74. The zero-order chi connectivity index (χ0) is 15.9. The van der Waals surface area contributed by atoms with Crippen molar-refractivity contribution in [3.05, 3.63) is 55.2 Å². The van der Waals surface area contributed by atoms with Gasteiger partial charge in [0.25, 0.3) is 0 Å². The quantitative estimate of drug-likeness (QED) is 0.522. The van der Waals surface area contributed by atoms with Gasteiger partial charge in [-0.1, -0.05) is 0 Å². The van der Waals surface area contributed by atoms with E-state index < -0.39 is 0 Å². The Morgan fingerprint density at radius 3 is 2.75 bits per heavy atom. The van der Waals surface area contributed by atoms with E-state index >= 15 is 0 Å². The molecule has 24 heavy (non-hydrogen) atoms. The summed E-state index contributed by atoms with van der Waals surface area (Å²) in [6.45, 7) is 0. The van der Waals surface area contributed by atoms with Crippen molar-refractivity contribution in [2.75, 3.05) is 0 Å². The Kier molecular flexibility index (Phi) is 2.66. The van der Waals surface area contributed by atoms with E-state index in [0.29, 0.717) is 11.5 Å². The van der Waals surface area contributed by atoms with Crippen molar-refractivity contribution in [3.8, 4) is 22.6 Å². The van der Waals surface area contributed by atoms with Gasteiger partial charge in [-0.2, -0.15) is 5.10 Å². The van der Waals surface area contributed by atoms with E-state index in [4.69, 9.17) is 4.98 Å². The predicted molar refractivity (Wildman–Crippen MR) is 90.0 cm³/mol. The molecule has 0 aromatic carbocycles. The molecule has 2 N–H and O–H groups in total. The summed E-state index contributed by atoms with van der Waals surface area (Å²) in [5.41, 5.74) is 5.19. The van der Waals surface area contributed by atoms with E-state index in [9.17, 15) is 0 Å². The number of aromatic nitrogens is 7. The van der Waals surface area contributed by atoms with Crippen LogP contribution in [-0.2, 0) is 0 Å². The normalized spacial score (nSPS) is 11.3. The third kappa shape index (κ3) is 1.88. The maximum Gasteiger partial charge on any atom is 0.181 e. The van der Waals surface area contributed by atoms with Gasteiger partial charge in [0, 0.05) is 35.7 Å². The number of rotatable bonds is 2. The lowest BCUT2D eigenvalue weighted by Crippen LogP contribution is -1.83. The first-order chi connectivity index (χ1) is 11.9. The molecule has 0 fully saturated rings. The van der Waals surface area contributed by atoms with Gasteiger partial charge < -0.3 is 4.98 Å². The van der Waals surface area contributed by atoms with E-state index in [1.165, 1.54) is 0 Å². The molecule has 0 radical (unpaired) electrons. The van der Waals surface area contributed by atoms with E-state index in [-0.39, 0.29) is 0 Å². The molecule has 0 bridgehead atoms. The molecule has 7 heteroatoms. The Hall–Kier alpha value is -3.61. The molecule has 5 rings (SSSR count). The zero-order valence-electron chi connectivity index (χ0n) is 12.4. The number of hydrogen-bond acceptors (Lipinski definition) is 5. The minimum Gasteiger partial charge on any atom is -0.335 e. The van der Waals surface area contributed by atoms with Crippen LogP contribution in [0.5, 0.6) is 0 Å². The fourth-order valence-corrected chi connectivity index (χ4v) is 2.82. The molecule has 5 aromatic rings. The number of nitrogens with zero attached hydrogens (tertiary/aromatic N) is 5. The van der Waals surface area contributed by atoms with Crippen molar-refractivity contribution >= 4 is 22.1 Å². The van der Waals surface area contributed by atoms with Crippen LogP contribution in [0.25, 0.3) is 44.7 Å². The van der Waals surface area contributed by atoms with Gasteiger partial charge in [0.2, 0.25) is 0 Å². The topological polar surface area (TPSA) is 96.0 Å². The highest BCUT2D eigenvalue weighted by Gasteiger charge is 2.14. The molecular formula is C17H11N7. The maximum absolute atomic E-state index is 4.77. The van der Waals surface area contributed by atoms with Gasteiger partial charge >= 0.3 is 0 Å². The first-order valence-corrected chi connectivity index (χ1v) is 7.44. The standard InChI is InChI=1S/C17H11N7/c1-2-11-15(23-24-16(11)20-5-1)17-21-13-9-19-8-12(14(13)22-17)10-3-6-18-7-4-10/h1-9H,(H,21,22)(H,20,23,24). The van der Waals surface area contributed by atoms with Crippen molar-refractivity contribution in [2.24, 2.45) is 0 Å². The predicted octanol–water partition coefficient (Wildman–Crippen LogP) is 2.96. The fourth-order valence-electron chi connectivity index (χ4n) is 2.82. The molecule has 7 nitrogen and oxygen atoms in total. The van der Waals surface area contributed by atoms with Gasteiger partial charge in [0.05, 0.1) is 17.2 Å². The SMILES string of the molecule is c1cnc2n[nH]c(-c3nc4c(-c5ccncc5)cncc4[nH]3)c2c1. The Balaban J connectivity index is 1.75. The van der Waals surface area contributed by atoms with Gasteiger partial charge in [0.15, 0.2) is 11.5 Å². The first-order valence-electron chi connectivity index (χ1n) is 7.44. The lowest BCUT2D eigenvalue weighted by Gasteiger charge is -2.00. The van der Waals surface area contributed by atoms with E-state index in [0.717, 1.165) is 33.2 Å². The fraction of sp³-hybridized carbons (Fsp3) is 0. The number of H-pyrrole nitrogens is 2. The van der Waals surface area contributed by atoms with Crippen LogP contribution in [0.1, 0.15) is 0 Å². The highest BCUT2D eigenvalue weighted by molar-refractivity contribution is 5.95. The number of fused-ring (bicyclic) bond motifs is 2. The number of aromatic amines is 2. The van der Waals surface area contributed by atoms with Crippen molar-refractivity contribution < 1.29 is 0 Å². The average Bonchev–Trinajstić information content (AvgIpc) is 3.25. The van der Waals surface area contributed by atoms with E-state index in [2.05, 4.69) is 30.1 Å². The Labute approximate surface area is 135 Å². The number of imidazole rings is 1. The van der Waals surface area contributed by atoms with E-state index in [1.54, 1.807) is 24.8 Å². The smallest absolute Gasteiger partial charge is 0.181 e. The summed E-state index contributed by atoms with van der Waals surface area (Å²) in [4.78, 5) is 20.7. The molecule has 5 aromatic heterocycles. The molecule has 0 unspecified atom stereocenters. The average molecular weight is 313 g/mol. The summed E-state index contributed by atoms with van der Waals surface area (Å²) in [7, 11) is 0. The largest absolute Gasteiger partial charge is 0.335 e. The lowest BCUT2D eigenvalue weighted by atomic mass is 10.1. The van der Waals surface area contributed by atoms with Crippen molar-refractivity contribution in [1.29, 1.82) is 0 Å². The molecule has 5 heterocycles. The highest BCUT2D eigenvalue weighted by atomic mass is 15.2. The summed E-state index contributed by atoms with van der Waals surface area (Å²) in [5.74, 6) is 0.712. The maximum atomic E-state index is 4.77. The second kappa shape index (κ2) is 4.95. The van der Waals surface area contributed by atoms with Crippen LogP contribution in [-0.4, -0.2) is 35.1 Å². The minimum absolute atomic E-state index is 0.667. The van der Waals surface area contributed by atoms with Crippen LogP contribution >= 0.6 is 0 Å². The molecule has 114 valence electrons. The number of nitrogens with one attached hydrogen (secondary N) is 2. The van der Waals surface area contributed by atoms with Gasteiger partial charge in [-0.05, 0) is 29.8 Å². The highest BCUT2D eigenvalue weighted by Crippen LogP contribution is 2.29. The summed E-state index contributed by atoms with van der Waals surface area (Å²) in [6.07, 6.45) is 8.82. The molecule has 0 amide bonds. The third-order valence-corrected chi connectivity index (χ3v) is 3.95. The number of hydrogen-bond donors (Lipinski definition) is 2. The molecule has 0 saturated heterocycles. The Bertz CT molecular complexity index is 1160. The Morgan fingerprint density at radius 1 is 0.917 bits per heavy atom. The molecular weight excluding hydrogens is 302 g/mol. The van der Waals surface area contributed by atoms with Gasteiger partial charge in [-0.15, -0.1) is 0 Å². The van der Waals surface area contributed by atoms with Crippen molar-refractivity contribution in [2.45, 2.75) is 0 Å². The third-order valence-electron chi connectivity index (χ3n) is 3.95. The van der Waals surface area contributed by atoms with Crippen LogP contribution in [0.15, 0.2) is 55.2 Å². The van der Waals surface area contributed by atoms with Gasteiger partial charge in [-0.3, -0.25) is 15.1 Å². The Morgan fingerprint density at radius 2 is 1.83 bits per heavy atom. The summed E-state index contributed by atoms with van der Waals surface area (Å²) >= 11 is 0. The van der Waals surface area contributed by atoms with Crippen LogP contribution in [0, 0.1) is 0 Å². The van der Waals surface area contributed by atoms with Crippen LogP contribution < -0.4 is 0 Å². The minimum atomic E-state index is 0.667. The van der Waals surface area contributed by atoms with E-state index in [1.807, 2.05) is 30.5 Å². The summed E-state index contributed by atoms with van der Waals surface area (Å²) in [5, 5.41) is 8.17.